The molecule has 0 aromatic heterocycles. The molecule has 0 saturated heterocycles. The van der Waals surface area contributed by atoms with E-state index in [-0.39, 0.29) is 24.1 Å². The molecule has 1 aromatic rings. The third-order valence-electron chi connectivity index (χ3n) is 5.02. The van der Waals surface area contributed by atoms with Gasteiger partial charge in [-0.2, -0.15) is 0 Å². The number of amides is 1. The van der Waals surface area contributed by atoms with Crippen LogP contribution in [0.3, 0.4) is 0 Å². The number of hydrogen-bond donors (Lipinski definition) is 2. The first-order valence-corrected chi connectivity index (χ1v) is 9.98. The van der Waals surface area contributed by atoms with Crippen molar-refractivity contribution < 1.29 is 13.2 Å². The lowest BCUT2D eigenvalue weighted by Gasteiger charge is -2.20. The average Bonchev–Trinajstić information content (AvgIpc) is 3.15. The van der Waals surface area contributed by atoms with Gasteiger partial charge in [-0.05, 0) is 36.7 Å². The highest BCUT2D eigenvalue weighted by molar-refractivity contribution is 7.88. The topological polar surface area (TPSA) is 75.3 Å². The Labute approximate surface area is 137 Å². The summed E-state index contributed by atoms with van der Waals surface area (Å²) in [6, 6.07) is 9.07. The van der Waals surface area contributed by atoms with E-state index in [1.807, 2.05) is 18.2 Å². The quantitative estimate of drug-likeness (QED) is 0.744. The summed E-state index contributed by atoms with van der Waals surface area (Å²) in [6.07, 6.45) is 4.65. The number of carbonyl (C=O) groups is 1. The molecule has 1 amide bonds. The average molecular weight is 336 g/mol. The predicted octanol–water partition coefficient (Wildman–Crippen LogP) is 1.66. The molecule has 0 radical (unpaired) electrons. The van der Waals surface area contributed by atoms with Gasteiger partial charge in [-0.25, -0.2) is 13.1 Å². The van der Waals surface area contributed by atoms with E-state index in [0.29, 0.717) is 12.5 Å². The highest BCUT2D eigenvalue weighted by Crippen LogP contribution is 2.48. The standard InChI is InChI=1S/C17H24N2O3S/c20-17(16-11-14-6-7-15(16)10-14)18-8-9-19-23(21,22)12-13-4-2-1-3-5-13/h1-5,14-16,19H,6-12H2,(H,18,20)/t14-,15-,16+/m0/s1. The second-order valence-electron chi connectivity index (χ2n) is 6.71. The number of carbonyl (C=O) groups excluding carboxylic acids is 1. The van der Waals surface area contributed by atoms with Crippen LogP contribution in [0.15, 0.2) is 30.3 Å². The minimum absolute atomic E-state index is 0.0336. The zero-order valence-corrected chi connectivity index (χ0v) is 14.0. The van der Waals surface area contributed by atoms with E-state index in [1.54, 1.807) is 12.1 Å². The fourth-order valence-corrected chi connectivity index (χ4v) is 5.08. The maximum Gasteiger partial charge on any atom is 0.223 e. The van der Waals surface area contributed by atoms with E-state index in [1.165, 1.54) is 19.3 Å². The Balaban J connectivity index is 1.38. The van der Waals surface area contributed by atoms with Crippen molar-refractivity contribution in [2.45, 2.75) is 31.4 Å². The number of sulfonamides is 1. The van der Waals surface area contributed by atoms with Gasteiger partial charge in [0.15, 0.2) is 0 Å². The SMILES string of the molecule is O=C(NCCNS(=O)(=O)Cc1ccccc1)[C@@H]1C[C@H]2CC[C@H]1C2. The van der Waals surface area contributed by atoms with Crippen LogP contribution in [0.4, 0.5) is 0 Å². The molecular weight excluding hydrogens is 312 g/mol. The van der Waals surface area contributed by atoms with Crippen LogP contribution < -0.4 is 10.0 Å². The van der Waals surface area contributed by atoms with Crippen LogP contribution in [0.2, 0.25) is 0 Å². The minimum Gasteiger partial charge on any atom is -0.355 e. The van der Waals surface area contributed by atoms with Crippen molar-refractivity contribution in [2.75, 3.05) is 13.1 Å². The summed E-state index contributed by atoms with van der Waals surface area (Å²) in [5, 5.41) is 2.88. The number of rotatable bonds is 7. The Bertz CT molecular complexity index is 645. The summed E-state index contributed by atoms with van der Waals surface area (Å²) >= 11 is 0. The first-order valence-electron chi connectivity index (χ1n) is 8.32. The van der Waals surface area contributed by atoms with Crippen molar-refractivity contribution in [3.63, 3.8) is 0 Å². The molecule has 1 aromatic carbocycles. The number of hydrogen-bond acceptors (Lipinski definition) is 3. The maximum atomic E-state index is 12.2. The van der Waals surface area contributed by atoms with Gasteiger partial charge in [0, 0.05) is 19.0 Å². The van der Waals surface area contributed by atoms with Crippen molar-refractivity contribution in [3.8, 4) is 0 Å². The molecule has 6 heteroatoms. The van der Waals surface area contributed by atoms with Crippen molar-refractivity contribution in [2.24, 2.45) is 17.8 Å². The van der Waals surface area contributed by atoms with Gasteiger partial charge in [0.25, 0.3) is 0 Å². The Morgan fingerprint density at radius 3 is 2.52 bits per heavy atom. The first kappa shape index (κ1) is 16.5. The molecule has 3 rings (SSSR count). The second-order valence-corrected chi connectivity index (χ2v) is 8.52. The minimum atomic E-state index is -3.36. The molecule has 0 unspecified atom stereocenters. The summed E-state index contributed by atoms with van der Waals surface area (Å²) in [5.74, 6) is 1.50. The van der Waals surface area contributed by atoms with Crippen LogP contribution in [-0.4, -0.2) is 27.4 Å². The predicted molar refractivity (Wildman–Crippen MR) is 89.0 cm³/mol. The lowest BCUT2D eigenvalue weighted by Crippen LogP contribution is -2.39. The molecule has 3 atom stereocenters. The van der Waals surface area contributed by atoms with Crippen LogP contribution in [0.25, 0.3) is 0 Å². The molecule has 0 spiro atoms. The van der Waals surface area contributed by atoms with Crippen molar-refractivity contribution in [1.29, 1.82) is 0 Å². The molecule has 2 bridgehead atoms. The van der Waals surface area contributed by atoms with Crippen molar-refractivity contribution >= 4 is 15.9 Å². The fourth-order valence-electron chi connectivity index (χ4n) is 3.93. The van der Waals surface area contributed by atoms with Crippen molar-refractivity contribution in [3.05, 3.63) is 35.9 Å². The lowest BCUT2D eigenvalue weighted by atomic mass is 9.88. The van der Waals surface area contributed by atoms with E-state index in [4.69, 9.17) is 0 Å². The molecule has 2 aliphatic rings. The van der Waals surface area contributed by atoms with E-state index in [2.05, 4.69) is 10.0 Å². The van der Waals surface area contributed by atoms with Crippen LogP contribution in [0.1, 0.15) is 31.2 Å². The highest BCUT2D eigenvalue weighted by atomic mass is 32.2. The Morgan fingerprint density at radius 2 is 1.87 bits per heavy atom. The van der Waals surface area contributed by atoms with Gasteiger partial charge in [-0.3, -0.25) is 4.79 Å². The van der Waals surface area contributed by atoms with Crippen LogP contribution in [-0.2, 0) is 20.6 Å². The van der Waals surface area contributed by atoms with Crippen LogP contribution in [0.5, 0.6) is 0 Å². The van der Waals surface area contributed by atoms with Gasteiger partial charge in [0.1, 0.15) is 0 Å². The fraction of sp³-hybridized carbons (Fsp3) is 0.588. The molecule has 126 valence electrons. The van der Waals surface area contributed by atoms with E-state index < -0.39 is 10.0 Å². The largest absolute Gasteiger partial charge is 0.355 e. The molecule has 2 N–H and O–H groups in total. The first-order chi connectivity index (χ1) is 11.0. The summed E-state index contributed by atoms with van der Waals surface area (Å²) in [7, 11) is -3.36. The maximum absolute atomic E-state index is 12.2. The molecule has 2 aliphatic carbocycles. The lowest BCUT2D eigenvalue weighted by molar-refractivity contribution is -0.126. The normalized spacial score (nSPS) is 26.3. The van der Waals surface area contributed by atoms with Crippen LogP contribution >= 0.6 is 0 Å². The molecule has 2 saturated carbocycles. The van der Waals surface area contributed by atoms with Gasteiger partial charge in [-0.15, -0.1) is 0 Å². The number of nitrogens with one attached hydrogen (secondary N) is 2. The Kier molecular flexibility index (Phi) is 5.02. The molecule has 2 fully saturated rings. The Hall–Kier alpha value is -1.40. The monoisotopic (exact) mass is 336 g/mol. The smallest absolute Gasteiger partial charge is 0.223 e. The highest BCUT2D eigenvalue weighted by Gasteiger charge is 2.42. The van der Waals surface area contributed by atoms with E-state index in [0.717, 1.165) is 17.9 Å². The third-order valence-corrected chi connectivity index (χ3v) is 6.38. The molecule has 5 nitrogen and oxygen atoms in total. The van der Waals surface area contributed by atoms with Gasteiger partial charge in [0.05, 0.1) is 5.75 Å². The summed E-state index contributed by atoms with van der Waals surface area (Å²) in [4.78, 5) is 12.2. The summed E-state index contributed by atoms with van der Waals surface area (Å²) in [5.41, 5.74) is 0.756. The number of fused-ring (bicyclic) bond motifs is 2. The van der Waals surface area contributed by atoms with Crippen LogP contribution in [0, 0.1) is 17.8 Å². The van der Waals surface area contributed by atoms with E-state index >= 15 is 0 Å². The molecule has 23 heavy (non-hydrogen) atoms. The van der Waals surface area contributed by atoms with Gasteiger partial charge < -0.3 is 5.32 Å². The Morgan fingerprint density at radius 1 is 1.09 bits per heavy atom. The molecular formula is C17H24N2O3S. The molecule has 0 heterocycles. The number of benzene rings is 1. The van der Waals surface area contributed by atoms with Crippen molar-refractivity contribution in [1.82, 2.24) is 10.0 Å². The second kappa shape index (κ2) is 7.01. The van der Waals surface area contributed by atoms with Gasteiger partial charge >= 0.3 is 0 Å². The molecule has 0 aliphatic heterocycles. The van der Waals surface area contributed by atoms with E-state index in [9.17, 15) is 13.2 Å². The summed E-state index contributed by atoms with van der Waals surface area (Å²) < 4.78 is 26.5. The summed E-state index contributed by atoms with van der Waals surface area (Å²) in [6.45, 7) is 0.586. The zero-order valence-electron chi connectivity index (χ0n) is 13.2. The third kappa shape index (κ3) is 4.32. The zero-order chi connectivity index (χ0) is 16.3. The van der Waals surface area contributed by atoms with Gasteiger partial charge in [0.2, 0.25) is 15.9 Å². The van der Waals surface area contributed by atoms with Gasteiger partial charge in [-0.1, -0.05) is 36.8 Å².